The highest BCUT2D eigenvalue weighted by atomic mass is 32.1. The summed E-state index contributed by atoms with van der Waals surface area (Å²) in [7, 11) is 0. The van der Waals surface area contributed by atoms with Crippen molar-refractivity contribution in [1.29, 1.82) is 0 Å². The minimum atomic E-state index is 0.0632. The van der Waals surface area contributed by atoms with Crippen molar-refractivity contribution >= 4 is 25.3 Å². The first-order valence-electron chi connectivity index (χ1n) is 9.02. The van der Waals surface area contributed by atoms with E-state index in [1.165, 1.54) is 44.5 Å². The molecule has 0 heterocycles. The standard InChI is InChI=1S/C25H18S2/c26-19-14-21(17-9-5-2-6-10-17)24-20-12-11-18(16-7-3-1-4-8-16)13-22(20)25(27)23(24)15-19/h1-15,25-27H. The van der Waals surface area contributed by atoms with Crippen molar-refractivity contribution in [3.8, 4) is 33.4 Å². The highest BCUT2D eigenvalue weighted by Crippen LogP contribution is 2.52. The second-order valence-corrected chi connectivity index (χ2v) is 7.93. The summed E-state index contributed by atoms with van der Waals surface area (Å²) < 4.78 is 0. The zero-order valence-corrected chi connectivity index (χ0v) is 16.4. The summed E-state index contributed by atoms with van der Waals surface area (Å²) in [4.78, 5) is 0.975. The molecule has 5 rings (SSSR count). The zero-order chi connectivity index (χ0) is 18.4. The largest absolute Gasteiger partial charge is 0.166 e. The molecule has 4 aromatic rings. The quantitative estimate of drug-likeness (QED) is 0.334. The topological polar surface area (TPSA) is 0 Å². The van der Waals surface area contributed by atoms with E-state index in [0.29, 0.717) is 0 Å². The van der Waals surface area contributed by atoms with E-state index in [4.69, 9.17) is 12.6 Å². The van der Waals surface area contributed by atoms with E-state index < -0.39 is 0 Å². The van der Waals surface area contributed by atoms with Crippen LogP contribution >= 0.6 is 25.3 Å². The Morgan fingerprint density at radius 1 is 0.556 bits per heavy atom. The van der Waals surface area contributed by atoms with Gasteiger partial charge in [0.05, 0.1) is 5.25 Å². The van der Waals surface area contributed by atoms with Gasteiger partial charge in [-0.15, -0.1) is 12.6 Å². The third kappa shape index (κ3) is 2.80. The first-order valence-corrected chi connectivity index (χ1v) is 9.99. The summed E-state index contributed by atoms with van der Waals surface area (Å²) in [6, 6.07) is 32.1. The van der Waals surface area contributed by atoms with E-state index in [-0.39, 0.29) is 5.25 Å². The molecule has 4 aromatic carbocycles. The van der Waals surface area contributed by atoms with Gasteiger partial charge >= 0.3 is 0 Å². The molecule has 2 heteroatoms. The lowest BCUT2D eigenvalue weighted by atomic mass is 9.93. The van der Waals surface area contributed by atoms with E-state index in [1.54, 1.807) is 0 Å². The van der Waals surface area contributed by atoms with Gasteiger partial charge < -0.3 is 0 Å². The molecule has 0 bridgehead atoms. The molecule has 0 spiro atoms. The summed E-state index contributed by atoms with van der Waals surface area (Å²) in [6.07, 6.45) is 0. The Bertz CT molecular complexity index is 1130. The molecule has 0 amide bonds. The average molecular weight is 383 g/mol. The van der Waals surface area contributed by atoms with Gasteiger partial charge in [-0.1, -0.05) is 72.8 Å². The minimum absolute atomic E-state index is 0.0632. The molecule has 130 valence electrons. The number of hydrogen-bond acceptors (Lipinski definition) is 2. The molecule has 0 fully saturated rings. The molecular weight excluding hydrogens is 364 g/mol. The lowest BCUT2D eigenvalue weighted by Gasteiger charge is -2.12. The Morgan fingerprint density at radius 3 is 1.93 bits per heavy atom. The summed E-state index contributed by atoms with van der Waals surface area (Å²) in [5.41, 5.74) is 9.97. The smallest absolute Gasteiger partial charge is 0.0529 e. The fraction of sp³-hybridized carbons (Fsp3) is 0.0400. The molecule has 0 N–H and O–H groups in total. The predicted molar refractivity (Wildman–Crippen MR) is 121 cm³/mol. The van der Waals surface area contributed by atoms with Crippen molar-refractivity contribution < 1.29 is 0 Å². The summed E-state index contributed by atoms with van der Waals surface area (Å²) in [5, 5.41) is 0.0632. The number of rotatable bonds is 2. The normalized spacial score (nSPS) is 14.7. The SMILES string of the molecule is Sc1cc(-c2ccccc2)c2c(c1)C(S)c1cc(-c3ccccc3)ccc1-2. The van der Waals surface area contributed by atoms with Gasteiger partial charge in [-0.3, -0.25) is 0 Å². The monoisotopic (exact) mass is 382 g/mol. The van der Waals surface area contributed by atoms with Crippen molar-refractivity contribution in [2.45, 2.75) is 10.1 Å². The van der Waals surface area contributed by atoms with E-state index in [9.17, 15) is 0 Å². The van der Waals surface area contributed by atoms with Crippen molar-refractivity contribution in [2.75, 3.05) is 0 Å². The van der Waals surface area contributed by atoms with Crippen LogP contribution in [0.1, 0.15) is 16.4 Å². The third-order valence-corrected chi connectivity index (χ3v) is 6.07. The molecule has 0 aromatic heterocycles. The van der Waals surface area contributed by atoms with Crippen LogP contribution in [0.15, 0.2) is 95.9 Å². The number of hydrogen-bond donors (Lipinski definition) is 2. The molecule has 0 saturated heterocycles. The first-order chi connectivity index (χ1) is 13.2. The molecule has 27 heavy (non-hydrogen) atoms. The van der Waals surface area contributed by atoms with Crippen molar-refractivity contribution in [1.82, 2.24) is 0 Å². The third-order valence-electron chi connectivity index (χ3n) is 5.26. The van der Waals surface area contributed by atoms with E-state index in [0.717, 1.165) is 4.90 Å². The maximum atomic E-state index is 4.98. The minimum Gasteiger partial charge on any atom is -0.166 e. The molecule has 1 unspecified atom stereocenters. The Morgan fingerprint density at radius 2 is 1.22 bits per heavy atom. The van der Waals surface area contributed by atoms with Crippen molar-refractivity contribution in [3.63, 3.8) is 0 Å². The fourth-order valence-electron chi connectivity index (χ4n) is 4.00. The van der Waals surface area contributed by atoms with Gasteiger partial charge in [0.1, 0.15) is 0 Å². The number of benzene rings is 4. The van der Waals surface area contributed by atoms with Gasteiger partial charge in [-0.05, 0) is 62.7 Å². The molecule has 1 aliphatic rings. The Kier molecular flexibility index (Phi) is 4.11. The van der Waals surface area contributed by atoms with Crippen LogP contribution in [0.4, 0.5) is 0 Å². The van der Waals surface area contributed by atoms with Gasteiger partial charge in [0.2, 0.25) is 0 Å². The Hall–Kier alpha value is -2.42. The molecule has 0 aliphatic heterocycles. The average Bonchev–Trinajstić information content (AvgIpc) is 3.00. The van der Waals surface area contributed by atoms with Gasteiger partial charge in [0.15, 0.2) is 0 Å². The second-order valence-electron chi connectivity index (χ2n) is 6.89. The van der Waals surface area contributed by atoms with Crippen LogP contribution in [0.2, 0.25) is 0 Å². The Balaban J connectivity index is 1.73. The van der Waals surface area contributed by atoms with E-state index in [2.05, 4.69) is 104 Å². The molecular formula is C25H18S2. The van der Waals surface area contributed by atoms with Crippen LogP contribution in [0.3, 0.4) is 0 Å². The molecule has 1 atom stereocenters. The zero-order valence-electron chi connectivity index (χ0n) is 14.6. The van der Waals surface area contributed by atoms with Crippen molar-refractivity contribution in [3.05, 3.63) is 102 Å². The molecule has 0 nitrogen and oxygen atoms in total. The van der Waals surface area contributed by atoms with Crippen LogP contribution < -0.4 is 0 Å². The van der Waals surface area contributed by atoms with E-state index in [1.807, 2.05) is 0 Å². The highest BCUT2D eigenvalue weighted by molar-refractivity contribution is 7.81. The van der Waals surface area contributed by atoms with Crippen LogP contribution in [0, 0.1) is 0 Å². The molecule has 0 radical (unpaired) electrons. The number of thiol groups is 2. The van der Waals surface area contributed by atoms with Crippen LogP contribution in [-0.4, -0.2) is 0 Å². The number of fused-ring (bicyclic) bond motifs is 3. The maximum Gasteiger partial charge on any atom is 0.0529 e. The van der Waals surface area contributed by atoms with Gasteiger partial charge in [0.25, 0.3) is 0 Å². The lowest BCUT2D eigenvalue weighted by molar-refractivity contribution is 1.21. The van der Waals surface area contributed by atoms with Gasteiger partial charge in [-0.2, -0.15) is 12.6 Å². The lowest BCUT2D eigenvalue weighted by Crippen LogP contribution is -1.89. The first kappa shape index (κ1) is 16.7. The highest BCUT2D eigenvalue weighted by Gasteiger charge is 2.29. The maximum absolute atomic E-state index is 4.98. The molecule has 0 saturated carbocycles. The van der Waals surface area contributed by atoms with Crippen LogP contribution in [-0.2, 0) is 0 Å². The summed E-state index contributed by atoms with van der Waals surface area (Å²) in [6.45, 7) is 0. The summed E-state index contributed by atoms with van der Waals surface area (Å²) in [5.74, 6) is 0. The van der Waals surface area contributed by atoms with Crippen LogP contribution in [0.5, 0.6) is 0 Å². The van der Waals surface area contributed by atoms with E-state index >= 15 is 0 Å². The van der Waals surface area contributed by atoms with Crippen LogP contribution in [0.25, 0.3) is 33.4 Å². The summed E-state index contributed by atoms with van der Waals surface area (Å²) >= 11 is 9.65. The van der Waals surface area contributed by atoms with Crippen molar-refractivity contribution in [2.24, 2.45) is 0 Å². The van der Waals surface area contributed by atoms with Gasteiger partial charge in [-0.25, -0.2) is 0 Å². The Labute approximate surface area is 170 Å². The van der Waals surface area contributed by atoms with Gasteiger partial charge in [0, 0.05) is 4.90 Å². The predicted octanol–water partition coefficient (Wildman–Crippen LogP) is 7.31. The molecule has 1 aliphatic carbocycles. The fourth-order valence-corrected chi connectivity index (χ4v) is 4.69. The second kappa shape index (κ2) is 6.63.